The third-order valence-corrected chi connectivity index (χ3v) is 6.22. The van der Waals surface area contributed by atoms with Crippen molar-refractivity contribution in [3.05, 3.63) is 57.2 Å². The van der Waals surface area contributed by atoms with Crippen LogP contribution in [0, 0.1) is 5.92 Å². The number of hydrogen-bond donors (Lipinski definition) is 3. The summed E-state index contributed by atoms with van der Waals surface area (Å²) in [6.45, 7) is 3.77. The highest BCUT2D eigenvalue weighted by molar-refractivity contribution is 6.39. The highest BCUT2D eigenvalue weighted by atomic mass is 35.5. The second-order valence-electron chi connectivity index (χ2n) is 8.31. The summed E-state index contributed by atoms with van der Waals surface area (Å²) in [5.41, 5.74) is 2.40. The lowest BCUT2D eigenvalue weighted by molar-refractivity contribution is -0.139. The SMILES string of the molecule is CC(CCc1ccc2c(n1)NCCC2)COCCC(NC(=O)c1c(Cl)cccc1Cl)C(=O)O. The van der Waals surface area contributed by atoms with E-state index in [0.29, 0.717) is 6.61 Å². The number of fused-ring (bicyclic) bond motifs is 1. The summed E-state index contributed by atoms with van der Waals surface area (Å²) in [5.74, 6) is -0.480. The molecule has 2 aromatic rings. The number of anilines is 1. The summed E-state index contributed by atoms with van der Waals surface area (Å²) < 4.78 is 5.69. The minimum Gasteiger partial charge on any atom is -0.480 e. The van der Waals surface area contributed by atoms with Crippen LogP contribution in [0.1, 0.15) is 47.8 Å². The molecule has 2 heterocycles. The number of aryl methyl sites for hydroxylation is 2. The van der Waals surface area contributed by atoms with Crippen LogP contribution in [0.5, 0.6) is 0 Å². The van der Waals surface area contributed by atoms with Gasteiger partial charge in [-0.25, -0.2) is 9.78 Å². The first-order chi connectivity index (χ1) is 15.8. The van der Waals surface area contributed by atoms with Gasteiger partial charge in [0.25, 0.3) is 5.91 Å². The van der Waals surface area contributed by atoms with E-state index in [1.165, 1.54) is 17.7 Å². The van der Waals surface area contributed by atoms with Crippen LogP contribution in [0.3, 0.4) is 0 Å². The van der Waals surface area contributed by atoms with Crippen molar-refractivity contribution >= 4 is 40.9 Å². The molecular weight excluding hydrogens is 465 g/mol. The Labute approximate surface area is 203 Å². The summed E-state index contributed by atoms with van der Waals surface area (Å²) in [6, 6.07) is 7.81. The third kappa shape index (κ3) is 7.32. The zero-order valence-electron chi connectivity index (χ0n) is 18.6. The standard InChI is InChI=1S/C24H29Cl2N3O4/c1-15(7-9-17-10-8-16-4-3-12-27-22(16)28-17)14-33-13-11-20(24(31)32)29-23(30)21-18(25)5-2-6-19(21)26/h2,5-6,8,10,15,20H,3-4,7,9,11-14H2,1H3,(H,27,28)(H,29,30)(H,31,32). The molecule has 0 saturated carbocycles. The smallest absolute Gasteiger partial charge is 0.326 e. The molecule has 2 unspecified atom stereocenters. The number of nitrogens with zero attached hydrogens (tertiary/aromatic N) is 1. The van der Waals surface area contributed by atoms with Gasteiger partial charge >= 0.3 is 5.97 Å². The zero-order valence-corrected chi connectivity index (χ0v) is 20.1. The van der Waals surface area contributed by atoms with Crippen LogP contribution < -0.4 is 10.6 Å². The predicted molar refractivity (Wildman–Crippen MR) is 129 cm³/mol. The molecule has 0 radical (unpaired) electrons. The topological polar surface area (TPSA) is 101 Å². The van der Waals surface area contributed by atoms with Gasteiger partial charge in [-0.05, 0) is 55.4 Å². The van der Waals surface area contributed by atoms with E-state index in [1.807, 2.05) is 0 Å². The molecule has 1 aromatic heterocycles. The van der Waals surface area contributed by atoms with Crippen molar-refractivity contribution in [3.8, 4) is 0 Å². The fraction of sp³-hybridized carbons (Fsp3) is 0.458. The van der Waals surface area contributed by atoms with Crippen molar-refractivity contribution in [2.24, 2.45) is 5.92 Å². The van der Waals surface area contributed by atoms with E-state index >= 15 is 0 Å². The average Bonchev–Trinajstić information content (AvgIpc) is 2.79. The molecule has 178 valence electrons. The molecule has 1 aliphatic rings. The van der Waals surface area contributed by atoms with Crippen LogP contribution in [0.25, 0.3) is 0 Å². The lowest BCUT2D eigenvalue weighted by Gasteiger charge is -2.18. The van der Waals surface area contributed by atoms with Crippen LogP contribution in [0.2, 0.25) is 10.0 Å². The van der Waals surface area contributed by atoms with Gasteiger partial charge < -0.3 is 20.5 Å². The number of halogens is 2. The summed E-state index contributed by atoms with van der Waals surface area (Å²) in [6.07, 6.45) is 4.11. The average molecular weight is 494 g/mol. The van der Waals surface area contributed by atoms with Crippen molar-refractivity contribution in [3.63, 3.8) is 0 Å². The van der Waals surface area contributed by atoms with Crippen LogP contribution in [-0.2, 0) is 22.4 Å². The van der Waals surface area contributed by atoms with E-state index in [4.69, 9.17) is 32.9 Å². The number of pyridine rings is 1. The van der Waals surface area contributed by atoms with Crippen molar-refractivity contribution in [2.75, 3.05) is 25.1 Å². The van der Waals surface area contributed by atoms with Crippen LogP contribution in [0.4, 0.5) is 5.82 Å². The number of hydrogen-bond acceptors (Lipinski definition) is 5. The monoisotopic (exact) mass is 493 g/mol. The van der Waals surface area contributed by atoms with Gasteiger partial charge in [-0.2, -0.15) is 0 Å². The molecule has 0 bridgehead atoms. The Bertz CT molecular complexity index is 966. The second-order valence-corrected chi connectivity index (χ2v) is 9.12. The van der Waals surface area contributed by atoms with Crippen molar-refractivity contribution in [2.45, 2.75) is 45.1 Å². The molecule has 1 aliphatic heterocycles. The highest BCUT2D eigenvalue weighted by Gasteiger charge is 2.23. The number of aliphatic carboxylic acids is 1. The number of carboxylic acid groups (broad SMARTS) is 1. The molecule has 9 heteroatoms. The molecule has 7 nitrogen and oxygen atoms in total. The molecule has 1 amide bonds. The highest BCUT2D eigenvalue weighted by Crippen LogP contribution is 2.24. The predicted octanol–water partition coefficient (Wildman–Crippen LogP) is 4.61. The Hall–Kier alpha value is -2.35. The fourth-order valence-electron chi connectivity index (χ4n) is 3.67. The molecule has 3 rings (SSSR count). The summed E-state index contributed by atoms with van der Waals surface area (Å²) in [5, 5.41) is 15.6. The first-order valence-electron chi connectivity index (χ1n) is 11.1. The summed E-state index contributed by atoms with van der Waals surface area (Å²) in [7, 11) is 0. The lowest BCUT2D eigenvalue weighted by atomic mass is 10.0. The Kier molecular flexibility index (Phi) is 9.35. The minimum atomic E-state index is -1.14. The quantitative estimate of drug-likeness (QED) is 0.395. The van der Waals surface area contributed by atoms with Crippen molar-refractivity contribution < 1.29 is 19.4 Å². The van der Waals surface area contributed by atoms with Crippen LogP contribution in [-0.4, -0.2) is 47.8 Å². The number of carboxylic acids is 1. The van der Waals surface area contributed by atoms with Crippen LogP contribution >= 0.6 is 23.2 Å². The minimum absolute atomic E-state index is 0.0626. The second kappa shape index (κ2) is 12.2. The third-order valence-electron chi connectivity index (χ3n) is 5.59. The molecule has 3 N–H and O–H groups in total. The molecule has 1 aromatic carbocycles. The Morgan fingerprint density at radius 3 is 2.70 bits per heavy atom. The van der Waals surface area contributed by atoms with Gasteiger partial charge in [0.2, 0.25) is 0 Å². The van der Waals surface area contributed by atoms with Crippen LogP contribution in [0.15, 0.2) is 30.3 Å². The first kappa shape index (κ1) is 25.3. The molecule has 0 spiro atoms. The van der Waals surface area contributed by atoms with E-state index in [-0.39, 0.29) is 34.6 Å². The number of carbonyl (C=O) groups is 2. The number of ether oxygens (including phenoxy) is 1. The maximum absolute atomic E-state index is 12.5. The maximum atomic E-state index is 12.5. The largest absolute Gasteiger partial charge is 0.480 e. The van der Waals surface area contributed by atoms with Gasteiger partial charge in [-0.3, -0.25) is 4.79 Å². The molecule has 2 atom stereocenters. The van der Waals surface area contributed by atoms with Crippen molar-refractivity contribution in [1.82, 2.24) is 10.3 Å². The number of nitrogens with one attached hydrogen (secondary N) is 2. The molecule has 0 aliphatic carbocycles. The Morgan fingerprint density at radius 1 is 1.21 bits per heavy atom. The van der Waals surface area contributed by atoms with Crippen molar-refractivity contribution in [1.29, 1.82) is 0 Å². The Morgan fingerprint density at radius 2 is 1.97 bits per heavy atom. The fourth-order valence-corrected chi connectivity index (χ4v) is 4.24. The molecule has 0 fully saturated rings. The molecule has 33 heavy (non-hydrogen) atoms. The van der Waals surface area contributed by atoms with Gasteiger partial charge in [0.1, 0.15) is 11.9 Å². The Balaban J connectivity index is 1.40. The summed E-state index contributed by atoms with van der Waals surface area (Å²) in [4.78, 5) is 28.7. The number of carbonyl (C=O) groups excluding carboxylic acids is 1. The molecular formula is C24H29Cl2N3O4. The number of aromatic nitrogens is 1. The van der Waals surface area contributed by atoms with E-state index in [2.05, 4.69) is 29.7 Å². The lowest BCUT2D eigenvalue weighted by Crippen LogP contribution is -2.41. The molecule has 0 saturated heterocycles. The van der Waals surface area contributed by atoms with Gasteiger partial charge in [-0.15, -0.1) is 0 Å². The van der Waals surface area contributed by atoms with Gasteiger partial charge in [0, 0.05) is 31.9 Å². The first-order valence-corrected chi connectivity index (χ1v) is 11.9. The van der Waals surface area contributed by atoms with Gasteiger partial charge in [0.15, 0.2) is 0 Å². The van der Waals surface area contributed by atoms with E-state index in [9.17, 15) is 14.7 Å². The van der Waals surface area contributed by atoms with E-state index in [0.717, 1.165) is 43.7 Å². The number of rotatable bonds is 11. The van der Waals surface area contributed by atoms with Gasteiger partial charge in [-0.1, -0.05) is 42.3 Å². The number of benzene rings is 1. The maximum Gasteiger partial charge on any atom is 0.326 e. The normalized spacial score (nSPS) is 14.6. The van der Waals surface area contributed by atoms with E-state index in [1.54, 1.807) is 6.07 Å². The zero-order chi connectivity index (χ0) is 23.8. The summed E-state index contributed by atoms with van der Waals surface area (Å²) >= 11 is 12.1. The number of amides is 1. The van der Waals surface area contributed by atoms with E-state index < -0.39 is 17.9 Å². The van der Waals surface area contributed by atoms with Gasteiger partial charge in [0.05, 0.1) is 15.6 Å².